The summed E-state index contributed by atoms with van der Waals surface area (Å²) in [5.41, 5.74) is 2.23. The topological polar surface area (TPSA) is 20.2 Å². The first-order chi connectivity index (χ1) is 8.66. The van der Waals surface area contributed by atoms with E-state index in [1.807, 2.05) is 18.2 Å². The normalized spacial score (nSPS) is 12.7. The summed E-state index contributed by atoms with van der Waals surface area (Å²) >= 11 is 3.51. The lowest BCUT2D eigenvalue weighted by atomic mass is 9.98. The van der Waals surface area contributed by atoms with Crippen molar-refractivity contribution < 1.29 is 5.11 Å². The van der Waals surface area contributed by atoms with E-state index in [0.717, 1.165) is 28.4 Å². The largest absolute Gasteiger partial charge is 0.388 e. The van der Waals surface area contributed by atoms with Crippen LogP contribution in [0.2, 0.25) is 0 Å². The van der Waals surface area contributed by atoms with Gasteiger partial charge in [0.05, 0.1) is 6.10 Å². The average molecular weight is 313 g/mol. The summed E-state index contributed by atoms with van der Waals surface area (Å²) in [5, 5.41) is 10.2. The zero-order valence-corrected chi connectivity index (χ0v) is 13.2. The van der Waals surface area contributed by atoms with Gasteiger partial charge in [-0.05, 0) is 30.5 Å². The van der Waals surface area contributed by atoms with Crippen LogP contribution in [-0.2, 0) is 0 Å². The monoisotopic (exact) mass is 312 g/mol. The van der Waals surface area contributed by atoms with Crippen molar-refractivity contribution >= 4 is 15.9 Å². The molecule has 0 saturated carbocycles. The van der Waals surface area contributed by atoms with E-state index in [2.05, 4.69) is 29.8 Å². The minimum absolute atomic E-state index is 0.311. The molecule has 1 nitrogen and oxygen atoms in total. The molecule has 0 aromatic heterocycles. The van der Waals surface area contributed by atoms with E-state index in [1.54, 1.807) is 0 Å². The van der Waals surface area contributed by atoms with Crippen molar-refractivity contribution in [3.8, 4) is 0 Å². The van der Waals surface area contributed by atoms with Gasteiger partial charge >= 0.3 is 0 Å². The summed E-state index contributed by atoms with van der Waals surface area (Å²) in [6, 6.07) is 6.05. The van der Waals surface area contributed by atoms with Crippen LogP contribution in [0.5, 0.6) is 0 Å². The molecule has 18 heavy (non-hydrogen) atoms. The smallest absolute Gasteiger partial charge is 0.0793 e. The Bertz CT molecular complexity index is 349. The van der Waals surface area contributed by atoms with Gasteiger partial charge < -0.3 is 5.11 Å². The van der Waals surface area contributed by atoms with Crippen molar-refractivity contribution in [3.63, 3.8) is 0 Å². The summed E-state index contributed by atoms with van der Waals surface area (Å²) in [7, 11) is 0. The van der Waals surface area contributed by atoms with Gasteiger partial charge in [0.15, 0.2) is 0 Å². The van der Waals surface area contributed by atoms with E-state index >= 15 is 0 Å². The minimum atomic E-state index is -0.311. The fourth-order valence-corrected chi connectivity index (χ4v) is 2.64. The van der Waals surface area contributed by atoms with Crippen LogP contribution in [-0.4, -0.2) is 5.11 Å². The number of hydrogen-bond donors (Lipinski definition) is 1. The number of halogens is 1. The maximum atomic E-state index is 10.2. The van der Waals surface area contributed by atoms with Gasteiger partial charge in [-0.25, -0.2) is 0 Å². The first-order valence-electron chi connectivity index (χ1n) is 7.10. The molecule has 0 bridgehead atoms. The quantitative estimate of drug-likeness (QED) is 0.625. The summed E-state index contributed by atoms with van der Waals surface area (Å²) in [6.07, 6.45) is 8.20. The molecule has 0 heterocycles. The molecule has 1 aromatic carbocycles. The SMILES string of the molecule is CCCCCCCCC(O)c1cccc(Br)c1C. The number of aliphatic hydroxyl groups excluding tert-OH is 1. The van der Waals surface area contributed by atoms with Gasteiger partial charge in [0.2, 0.25) is 0 Å². The Balaban J connectivity index is 2.32. The minimum Gasteiger partial charge on any atom is -0.388 e. The summed E-state index contributed by atoms with van der Waals surface area (Å²) in [5.74, 6) is 0. The van der Waals surface area contributed by atoms with Gasteiger partial charge in [0.25, 0.3) is 0 Å². The Morgan fingerprint density at radius 1 is 1.11 bits per heavy atom. The molecule has 0 aliphatic rings. The highest BCUT2D eigenvalue weighted by atomic mass is 79.9. The van der Waals surface area contributed by atoms with Gasteiger partial charge in [-0.15, -0.1) is 0 Å². The van der Waals surface area contributed by atoms with Gasteiger partial charge in [0, 0.05) is 4.47 Å². The molecule has 0 spiro atoms. The molecular formula is C16H25BrO. The molecule has 0 fully saturated rings. The summed E-state index contributed by atoms with van der Waals surface area (Å²) in [6.45, 7) is 4.30. The van der Waals surface area contributed by atoms with Crippen LogP contribution in [0.3, 0.4) is 0 Å². The van der Waals surface area contributed by atoms with Crippen molar-refractivity contribution in [2.75, 3.05) is 0 Å². The zero-order valence-electron chi connectivity index (χ0n) is 11.6. The van der Waals surface area contributed by atoms with Gasteiger partial charge in [-0.3, -0.25) is 0 Å². The molecule has 1 rings (SSSR count). The number of benzene rings is 1. The molecule has 1 aromatic rings. The molecule has 0 aliphatic heterocycles. The van der Waals surface area contributed by atoms with E-state index in [9.17, 15) is 5.11 Å². The molecule has 0 radical (unpaired) electrons. The predicted molar refractivity (Wildman–Crippen MR) is 81.8 cm³/mol. The third-order valence-electron chi connectivity index (χ3n) is 3.50. The number of rotatable bonds is 8. The third-order valence-corrected chi connectivity index (χ3v) is 4.36. The number of unbranched alkanes of at least 4 members (excludes halogenated alkanes) is 5. The van der Waals surface area contributed by atoms with Crippen LogP contribution >= 0.6 is 15.9 Å². The fourth-order valence-electron chi connectivity index (χ4n) is 2.26. The van der Waals surface area contributed by atoms with Crippen LogP contribution in [0.15, 0.2) is 22.7 Å². The molecule has 102 valence electrons. The van der Waals surface area contributed by atoms with E-state index in [4.69, 9.17) is 0 Å². The van der Waals surface area contributed by atoms with Crippen LogP contribution < -0.4 is 0 Å². The Kier molecular flexibility index (Phi) is 7.60. The number of aliphatic hydroxyl groups is 1. The molecule has 0 amide bonds. The molecular weight excluding hydrogens is 288 g/mol. The molecule has 0 aliphatic carbocycles. The lowest BCUT2D eigenvalue weighted by Crippen LogP contribution is -2.00. The van der Waals surface area contributed by atoms with Crippen LogP contribution in [0, 0.1) is 6.92 Å². The molecule has 1 unspecified atom stereocenters. The third kappa shape index (κ3) is 5.11. The summed E-state index contributed by atoms with van der Waals surface area (Å²) < 4.78 is 1.09. The maximum absolute atomic E-state index is 10.2. The summed E-state index contributed by atoms with van der Waals surface area (Å²) in [4.78, 5) is 0. The highest BCUT2D eigenvalue weighted by molar-refractivity contribution is 9.10. The van der Waals surface area contributed by atoms with Gasteiger partial charge in [-0.2, -0.15) is 0 Å². The molecule has 1 atom stereocenters. The Morgan fingerprint density at radius 2 is 1.78 bits per heavy atom. The van der Waals surface area contributed by atoms with Crippen molar-refractivity contribution in [3.05, 3.63) is 33.8 Å². The van der Waals surface area contributed by atoms with Crippen LogP contribution in [0.25, 0.3) is 0 Å². The first kappa shape index (κ1) is 15.7. The van der Waals surface area contributed by atoms with Crippen LogP contribution in [0.1, 0.15) is 69.1 Å². The van der Waals surface area contributed by atoms with Crippen LogP contribution in [0.4, 0.5) is 0 Å². The van der Waals surface area contributed by atoms with Gasteiger partial charge in [0.1, 0.15) is 0 Å². The second-order valence-electron chi connectivity index (χ2n) is 5.03. The predicted octanol–water partition coefficient (Wildman–Crippen LogP) is 5.54. The second-order valence-corrected chi connectivity index (χ2v) is 5.88. The second kappa shape index (κ2) is 8.71. The maximum Gasteiger partial charge on any atom is 0.0793 e. The van der Waals surface area contributed by atoms with Crippen molar-refractivity contribution in [2.24, 2.45) is 0 Å². The highest BCUT2D eigenvalue weighted by Crippen LogP contribution is 2.27. The Labute approximate surface area is 120 Å². The van der Waals surface area contributed by atoms with Crippen molar-refractivity contribution in [2.45, 2.75) is 64.9 Å². The average Bonchev–Trinajstić information content (AvgIpc) is 2.36. The highest BCUT2D eigenvalue weighted by Gasteiger charge is 2.11. The zero-order chi connectivity index (χ0) is 13.4. The van der Waals surface area contributed by atoms with Crippen molar-refractivity contribution in [1.82, 2.24) is 0 Å². The Morgan fingerprint density at radius 3 is 2.50 bits per heavy atom. The standard InChI is InChI=1S/C16H25BrO/c1-3-4-5-6-7-8-12-16(18)14-10-9-11-15(17)13(14)2/h9-11,16,18H,3-8,12H2,1-2H3. The Hall–Kier alpha value is -0.340. The van der Waals surface area contributed by atoms with Gasteiger partial charge in [-0.1, -0.05) is 73.5 Å². The molecule has 0 saturated heterocycles. The first-order valence-corrected chi connectivity index (χ1v) is 7.89. The van der Waals surface area contributed by atoms with Crippen molar-refractivity contribution in [1.29, 1.82) is 0 Å². The van der Waals surface area contributed by atoms with E-state index < -0.39 is 0 Å². The number of hydrogen-bond acceptors (Lipinski definition) is 1. The lowest BCUT2D eigenvalue weighted by molar-refractivity contribution is 0.162. The van der Waals surface area contributed by atoms with E-state index in [-0.39, 0.29) is 6.10 Å². The molecule has 1 N–H and O–H groups in total. The fraction of sp³-hybridized carbons (Fsp3) is 0.625. The lowest BCUT2D eigenvalue weighted by Gasteiger charge is -2.14. The van der Waals surface area contributed by atoms with E-state index in [0.29, 0.717) is 0 Å². The van der Waals surface area contributed by atoms with E-state index in [1.165, 1.54) is 32.1 Å². The molecule has 2 heteroatoms.